The second-order valence-corrected chi connectivity index (χ2v) is 7.58. The number of amides is 1. The number of benzene rings is 1. The molecule has 1 aromatic carbocycles. The fourth-order valence-electron chi connectivity index (χ4n) is 3.99. The van der Waals surface area contributed by atoms with E-state index in [1.165, 1.54) is 6.08 Å². The van der Waals surface area contributed by atoms with Gasteiger partial charge in [-0.05, 0) is 48.2 Å². The summed E-state index contributed by atoms with van der Waals surface area (Å²) in [6.07, 6.45) is 9.80. The molecule has 8 heteroatoms. The first-order chi connectivity index (χ1) is 16.2. The smallest absolute Gasteiger partial charge is 0.248 e. The van der Waals surface area contributed by atoms with E-state index in [0.29, 0.717) is 11.5 Å². The minimum atomic E-state index is -0.331. The zero-order valence-electron chi connectivity index (χ0n) is 17.6. The molecule has 3 aromatic heterocycles. The molecule has 0 saturated carbocycles. The molecule has 2 N–H and O–H groups in total. The Balaban J connectivity index is 1.61. The normalized spacial score (nSPS) is 13.6. The van der Waals surface area contributed by atoms with Gasteiger partial charge in [-0.15, -0.1) is 0 Å². The van der Waals surface area contributed by atoms with Gasteiger partial charge in [0.15, 0.2) is 0 Å². The first kappa shape index (κ1) is 20.3. The van der Waals surface area contributed by atoms with Gasteiger partial charge >= 0.3 is 0 Å². The fourth-order valence-corrected chi connectivity index (χ4v) is 3.99. The molecule has 0 saturated heterocycles. The standard InChI is InChI=1S/C25H20N6O2/c1-2-24(32)28-23-14-19(9-12-27-23)31-15-21(25(29-31)16-7-10-26-11-8-16)18-3-5-20-17(13-18)4-6-22(20)30-33/h2-3,5,7-15,33H,1,4,6H2,(H,27,28,32)/b30-22+. The predicted molar refractivity (Wildman–Crippen MR) is 125 cm³/mol. The lowest BCUT2D eigenvalue weighted by atomic mass is 9.98. The summed E-state index contributed by atoms with van der Waals surface area (Å²) >= 11 is 0. The lowest BCUT2D eigenvalue weighted by molar-refractivity contribution is -0.111. The Morgan fingerprint density at radius 3 is 2.70 bits per heavy atom. The molecule has 1 aliphatic carbocycles. The van der Waals surface area contributed by atoms with Gasteiger partial charge in [-0.3, -0.25) is 9.78 Å². The molecule has 1 aliphatic rings. The molecule has 0 aliphatic heterocycles. The summed E-state index contributed by atoms with van der Waals surface area (Å²) in [7, 11) is 0. The van der Waals surface area contributed by atoms with Crippen LogP contribution in [0.4, 0.5) is 5.82 Å². The number of nitrogens with zero attached hydrogens (tertiary/aromatic N) is 5. The molecule has 0 spiro atoms. The van der Waals surface area contributed by atoms with E-state index in [9.17, 15) is 10.0 Å². The third kappa shape index (κ3) is 3.89. The number of rotatable bonds is 5. The van der Waals surface area contributed by atoms with Crippen LogP contribution in [-0.4, -0.2) is 36.6 Å². The van der Waals surface area contributed by atoms with Crippen molar-refractivity contribution >= 4 is 17.4 Å². The summed E-state index contributed by atoms with van der Waals surface area (Å²) in [6, 6.07) is 13.6. The Bertz CT molecular complexity index is 1390. The number of aromatic nitrogens is 4. The van der Waals surface area contributed by atoms with Crippen molar-refractivity contribution in [2.24, 2.45) is 5.16 Å². The van der Waals surface area contributed by atoms with E-state index in [1.54, 1.807) is 29.3 Å². The van der Waals surface area contributed by atoms with Crippen molar-refractivity contribution in [1.29, 1.82) is 0 Å². The molecular formula is C25H20N6O2. The topological polar surface area (TPSA) is 105 Å². The minimum Gasteiger partial charge on any atom is -0.411 e. The number of aryl methyl sites for hydroxylation is 1. The maximum Gasteiger partial charge on any atom is 0.248 e. The van der Waals surface area contributed by atoms with Crippen LogP contribution in [0.2, 0.25) is 0 Å². The SMILES string of the molecule is C=CC(=O)Nc1cc(-n2cc(-c3ccc4c(c3)CC/C4=N\O)c(-c3ccncc3)n2)ccn1. The van der Waals surface area contributed by atoms with Gasteiger partial charge in [0.25, 0.3) is 0 Å². The lowest BCUT2D eigenvalue weighted by Crippen LogP contribution is -2.09. The first-order valence-corrected chi connectivity index (χ1v) is 10.4. The Hall–Kier alpha value is -4.59. The molecule has 1 amide bonds. The minimum absolute atomic E-state index is 0.331. The van der Waals surface area contributed by atoms with Crippen LogP contribution in [-0.2, 0) is 11.2 Å². The summed E-state index contributed by atoms with van der Waals surface area (Å²) in [6.45, 7) is 3.47. The summed E-state index contributed by atoms with van der Waals surface area (Å²) in [5.74, 6) is 0.0791. The average Bonchev–Trinajstić information content (AvgIpc) is 3.49. The number of nitrogens with one attached hydrogen (secondary N) is 1. The van der Waals surface area contributed by atoms with Crippen LogP contribution in [0, 0.1) is 0 Å². The van der Waals surface area contributed by atoms with Crippen LogP contribution in [0.5, 0.6) is 0 Å². The predicted octanol–water partition coefficient (Wildman–Crippen LogP) is 4.25. The van der Waals surface area contributed by atoms with Gasteiger partial charge in [-0.25, -0.2) is 9.67 Å². The number of carbonyl (C=O) groups excluding carboxylic acids is 1. The Kier molecular flexibility index (Phi) is 5.24. The Morgan fingerprint density at radius 1 is 1.06 bits per heavy atom. The number of oxime groups is 1. The van der Waals surface area contributed by atoms with Crippen LogP contribution in [0.25, 0.3) is 28.1 Å². The van der Waals surface area contributed by atoms with E-state index >= 15 is 0 Å². The molecule has 3 heterocycles. The summed E-state index contributed by atoms with van der Waals surface area (Å²) in [5.41, 5.74) is 7.30. The molecule has 0 radical (unpaired) electrons. The first-order valence-electron chi connectivity index (χ1n) is 10.4. The van der Waals surface area contributed by atoms with Crippen molar-refractivity contribution < 1.29 is 10.0 Å². The highest BCUT2D eigenvalue weighted by Crippen LogP contribution is 2.35. The molecule has 5 rings (SSSR count). The van der Waals surface area contributed by atoms with Crippen molar-refractivity contribution in [2.45, 2.75) is 12.8 Å². The number of pyridine rings is 2. The van der Waals surface area contributed by atoms with Crippen molar-refractivity contribution in [2.75, 3.05) is 5.32 Å². The molecular weight excluding hydrogens is 416 g/mol. The molecule has 8 nitrogen and oxygen atoms in total. The van der Waals surface area contributed by atoms with E-state index in [2.05, 4.69) is 33.1 Å². The third-order valence-corrected chi connectivity index (χ3v) is 5.59. The monoisotopic (exact) mass is 436 g/mol. The number of fused-ring (bicyclic) bond motifs is 1. The van der Waals surface area contributed by atoms with E-state index in [0.717, 1.165) is 52.0 Å². The van der Waals surface area contributed by atoms with Crippen molar-refractivity contribution in [1.82, 2.24) is 19.7 Å². The van der Waals surface area contributed by atoms with Crippen LogP contribution in [0.1, 0.15) is 17.5 Å². The molecule has 33 heavy (non-hydrogen) atoms. The molecule has 162 valence electrons. The van der Waals surface area contributed by atoms with Gasteiger partial charge in [0.1, 0.15) is 11.5 Å². The molecule has 0 unspecified atom stereocenters. The van der Waals surface area contributed by atoms with E-state index in [4.69, 9.17) is 5.10 Å². The van der Waals surface area contributed by atoms with Gasteiger partial charge in [0.2, 0.25) is 5.91 Å². The highest BCUT2D eigenvalue weighted by atomic mass is 16.4. The second-order valence-electron chi connectivity index (χ2n) is 7.58. The maximum absolute atomic E-state index is 11.7. The van der Waals surface area contributed by atoms with Crippen LogP contribution < -0.4 is 5.32 Å². The molecule has 0 bridgehead atoms. The fraction of sp³-hybridized carbons (Fsp3) is 0.0800. The third-order valence-electron chi connectivity index (χ3n) is 5.59. The average molecular weight is 436 g/mol. The van der Waals surface area contributed by atoms with Gasteiger partial charge < -0.3 is 10.5 Å². The number of carbonyl (C=O) groups is 1. The highest BCUT2D eigenvalue weighted by molar-refractivity contribution is 6.04. The van der Waals surface area contributed by atoms with Gasteiger partial charge in [-0.1, -0.05) is 29.9 Å². The van der Waals surface area contributed by atoms with Gasteiger partial charge in [-0.2, -0.15) is 5.10 Å². The van der Waals surface area contributed by atoms with E-state index < -0.39 is 0 Å². The van der Waals surface area contributed by atoms with Crippen molar-refractivity contribution in [3.05, 3.63) is 91.0 Å². The second kappa shape index (κ2) is 8.51. The largest absolute Gasteiger partial charge is 0.411 e. The molecule has 4 aromatic rings. The van der Waals surface area contributed by atoms with Gasteiger partial charge in [0, 0.05) is 47.5 Å². The van der Waals surface area contributed by atoms with E-state index in [-0.39, 0.29) is 5.91 Å². The molecule has 0 atom stereocenters. The Morgan fingerprint density at radius 2 is 1.91 bits per heavy atom. The van der Waals surface area contributed by atoms with Gasteiger partial charge in [0.05, 0.1) is 11.4 Å². The lowest BCUT2D eigenvalue weighted by Gasteiger charge is -2.06. The Labute approximate surface area is 189 Å². The van der Waals surface area contributed by atoms with Crippen molar-refractivity contribution in [3.63, 3.8) is 0 Å². The number of hydrogen-bond acceptors (Lipinski definition) is 6. The zero-order valence-corrected chi connectivity index (χ0v) is 17.6. The van der Waals surface area contributed by atoms with Crippen LogP contribution >= 0.6 is 0 Å². The van der Waals surface area contributed by atoms with E-state index in [1.807, 2.05) is 36.5 Å². The summed E-state index contributed by atoms with van der Waals surface area (Å²) < 4.78 is 1.77. The van der Waals surface area contributed by atoms with Crippen LogP contribution in [0.3, 0.4) is 0 Å². The maximum atomic E-state index is 11.7. The van der Waals surface area contributed by atoms with Crippen molar-refractivity contribution in [3.8, 4) is 28.1 Å². The molecule has 0 fully saturated rings. The highest BCUT2D eigenvalue weighted by Gasteiger charge is 2.21. The van der Waals surface area contributed by atoms with Crippen LogP contribution in [0.15, 0.2) is 85.1 Å². The summed E-state index contributed by atoms with van der Waals surface area (Å²) in [4.78, 5) is 20.0. The number of anilines is 1. The quantitative estimate of drug-likeness (QED) is 0.276. The number of hydrogen-bond donors (Lipinski definition) is 2. The summed E-state index contributed by atoms with van der Waals surface area (Å²) in [5, 5.41) is 20.2. The zero-order chi connectivity index (χ0) is 22.8.